The van der Waals surface area contributed by atoms with E-state index in [4.69, 9.17) is 4.74 Å². The molecule has 0 atom stereocenters. The fourth-order valence-corrected chi connectivity index (χ4v) is 3.70. The van der Waals surface area contributed by atoms with E-state index in [1.165, 1.54) is 25.3 Å². The van der Waals surface area contributed by atoms with Crippen molar-refractivity contribution in [2.24, 2.45) is 0 Å². The lowest BCUT2D eigenvalue weighted by atomic mass is 10.1. The average molecular weight is 433 g/mol. The number of hydrogen-bond acceptors (Lipinski definition) is 4. The van der Waals surface area contributed by atoms with Crippen molar-refractivity contribution in [1.29, 1.82) is 0 Å². The first-order chi connectivity index (χ1) is 15.3. The van der Waals surface area contributed by atoms with E-state index >= 15 is 0 Å². The lowest BCUT2D eigenvalue weighted by Crippen LogP contribution is -2.54. The molecule has 7 nitrogen and oxygen atoms in total. The van der Waals surface area contributed by atoms with Crippen LogP contribution in [0.1, 0.15) is 17.0 Å². The number of benzene rings is 2. The van der Waals surface area contributed by atoms with Crippen LogP contribution in [0.4, 0.5) is 14.9 Å². The summed E-state index contributed by atoms with van der Waals surface area (Å²) in [5, 5.41) is 2.22. The molecule has 32 heavy (non-hydrogen) atoms. The topological polar surface area (TPSA) is 80.6 Å². The second-order valence-corrected chi connectivity index (χ2v) is 7.29. The molecule has 1 N–H and O–H groups in total. The number of amides is 4. The van der Waals surface area contributed by atoms with E-state index in [0.29, 0.717) is 17.0 Å². The lowest BCUT2D eigenvalue weighted by Gasteiger charge is -2.26. The van der Waals surface area contributed by atoms with Gasteiger partial charge in [-0.3, -0.25) is 14.9 Å². The van der Waals surface area contributed by atoms with Crippen LogP contribution < -0.4 is 15.0 Å². The fourth-order valence-electron chi connectivity index (χ4n) is 3.70. The molecule has 162 valence electrons. The van der Waals surface area contributed by atoms with Crippen LogP contribution in [0.15, 0.2) is 60.2 Å². The van der Waals surface area contributed by atoms with Gasteiger partial charge in [-0.1, -0.05) is 0 Å². The number of barbiturate groups is 1. The number of anilines is 1. The molecule has 1 aliphatic heterocycles. The molecule has 1 fully saturated rings. The van der Waals surface area contributed by atoms with Gasteiger partial charge in [-0.25, -0.2) is 14.1 Å². The van der Waals surface area contributed by atoms with Crippen LogP contribution in [0.3, 0.4) is 0 Å². The van der Waals surface area contributed by atoms with Gasteiger partial charge in [0.05, 0.1) is 12.8 Å². The Morgan fingerprint density at radius 1 is 0.938 bits per heavy atom. The van der Waals surface area contributed by atoms with Crippen LogP contribution in [0, 0.1) is 19.7 Å². The molecule has 0 spiro atoms. The molecule has 2 heterocycles. The normalized spacial score (nSPS) is 15.3. The number of methoxy groups -OCH3 is 1. The van der Waals surface area contributed by atoms with Crippen molar-refractivity contribution < 1.29 is 23.5 Å². The zero-order valence-electron chi connectivity index (χ0n) is 17.7. The van der Waals surface area contributed by atoms with Gasteiger partial charge in [0.1, 0.15) is 17.1 Å². The highest BCUT2D eigenvalue weighted by atomic mass is 19.1. The van der Waals surface area contributed by atoms with Crippen molar-refractivity contribution in [3.63, 3.8) is 0 Å². The quantitative estimate of drug-likeness (QED) is 0.500. The molecule has 0 saturated carbocycles. The molecule has 0 bridgehead atoms. The smallest absolute Gasteiger partial charge is 0.335 e. The number of aryl methyl sites for hydroxylation is 1. The average Bonchev–Trinajstić information content (AvgIpc) is 3.05. The van der Waals surface area contributed by atoms with Crippen molar-refractivity contribution >= 4 is 29.6 Å². The maximum atomic E-state index is 13.3. The number of urea groups is 1. The Labute approximate surface area is 183 Å². The Hall–Kier alpha value is -4.20. The van der Waals surface area contributed by atoms with Crippen molar-refractivity contribution in [3.05, 3.63) is 82.9 Å². The molecule has 4 amide bonds. The second kappa shape index (κ2) is 8.14. The van der Waals surface area contributed by atoms with Crippen molar-refractivity contribution in [2.75, 3.05) is 12.0 Å². The van der Waals surface area contributed by atoms with Crippen LogP contribution >= 0.6 is 0 Å². The zero-order chi connectivity index (χ0) is 23.0. The molecule has 1 aliphatic rings. The second-order valence-electron chi connectivity index (χ2n) is 7.29. The van der Waals surface area contributed by atoms with Crippen LogP contribution in [0.2, 0.25) is 0 Å². The molecule has 1 aromatic heterocycles. The number of nitrogens with zero attached hydrogens (tertiary/aromatic N) is 2. The van der Waals surface area contributed by atoms with Gasteiger partial charge in [0.25, 0.3) is 11.8 Å². The van der Waals surface area contributed by atoms with E-state index in [1.807, 2.05) is 24.5 Å². The van der Waals surface area contributed by atoms with Crippen molar-refractivity contribution in [1.82, 2.24) is 9.88 Å². The molecule has 0 aliphatic carbocycles. The Bertz CT molecular complexity index is 1260. The summed E-state index contributed by atoms with van der Waals surface area (Å²) in [5.41, 5.74) is 3.13. The summed E-state index contributed by atoms with van der Waals surface area (Å²) < 4.78 is 20.3. The minimum Gasteiger partial charge on any atom is -0.497 e. The summed E-state index contributed by atoms with van der Waals surface area (Å²) in [6.45, 7) is 3.70. The molecule has 8 heteroatoms. The standard InChI is InChI=1S/C24H20FN3O4/c1-14-12-16(15(2)27(14)18-6-4-17(25)5-7-18)13-21-22(29)26-24(31)28(23(21)30)19-8-10-20(32-3)11-9-19/h4-13H,1-3H3,(H,26,29,31). The number of nitrogens with one attached hydrogen (secondary N) is 1. The predicted octanol–water partition coefficient (Wildman–Crippen LogP) is 3.91. The SMILES string of the molecule is COc1ccc(N2C(=O)NC(=O)C(=Cc3cc(C)n(-c4ccc(F)cc4)c3C)C2=O)cc1. The number of aromatic nitrogens is 1. The molecule has 0 radical (unpaired) electrons. The van der Waals surface area contributed by atoms with Gasteiger partial charge in [0.15, 0.2) is 0 Å². The monoisotopic (exact) mass is 433 g/mol. The summed E-state index contributed by atoms with van der Waals surface area (Å²) in [6.07, 6.45) is 1.46. The first-order valence-corrected chi connectivity index (χ1v) is 9.80. The van der Waals surface area contributed by atoms with Gasteiger partial charge in [-0.2, -0.15) is 0 Å². The molecule has 1 saturated heterocycles. The lowest BCUT2D eigenvalue weighted by molar-refractivity contribution is -0.122. The van der Waals surface area contributed by atoms with E-state index in [-0.39, 0.29) is 11.4 Å². The van der Waals surface area contributed by atoms with Crippen molar-refractivity contribution in [3.8, 4) is 11.4 Å². The molecule has 4 rings (SSSR count). The summed E-state index contributed by atoms with van der Waals surface area (Å²) >= 11 is 0. The summed E-state index contributed by atoms with van der Waals surface area (Å²) in [5.74, 6) is -1.27. The van der Waals surface area contributed by atoms with Crippen LogP contribution in [0.5, 0.6) is 5.75 Å². The van der Waals surface area contributed by atoms with Crippen LogP contribution in [-0.4, -0.2) is 29.5 Å². The number of hydrogen-bond donors (Lipinski definition) is 1. The Morgan fingerprint density at radius 2 is 1.56 bits per heavy atom. The number of imide groups is 2. The summed E-state index contributed by atoms with van der Waals surface area (Å²) in [4.78, 5) is 38.9. The third-order valence-corrected chi connectivity index (χ3v) is 5.29. The minimum absolute atomic E-state index is 0.167. The summed E-state index contributed by atoms with van der Waals surface area (Å²) in [7, 11) is 1.51. The Morgan fingerprint density at radius 3 is 2.19 bits per heavy atom. The molecule has 0 unspecified atom stereocenters. The van der Waals surface area contributed by atoms with Gasteiger partial charge >= 0.3 is 6.03 Å². The highest BCUT2D eigenvalue weighted by Gasteiger charge is 2.37. The van der Waals surface area contributed by atoms with E-state index in [0.717, 1.165) is 22.0 Å². The first kappa shape index (κ1) is 21.0. The maximum Gasteiger partial charge on any atom is 0.335 e. The van der Waals surface area contributed by atoms with Gasteiger partial charge in [-0.15, -0.1) is 0 Å². The third-order valence-electron chi connectivity index (χ3n) is 5.29. The number of halogens is 1. The Kier molecular flexibility index (Phi) is 5.36. The van der Waals surface area contributed by atoms with Crippen molar-refractivity contribution in [2.45, 2.75) is 13.8 Å². The van der Waals surface area contributed by atoms with Gasteiger partial charge < -0.3 is 9.30 Å². The van der Waals surface area contributed by atoms with Gasteiger partial charge in [0, 0.05) is 17.1 Å². The first-order valence-electron chi connectivity index (χ1n) is 9.80. The predicted molar refractivity (Wildman–Crippen MR) is 117 cm³/mol. The molecular weight excluding hydrogens is 413 g/mol. The molecular formula is C24H20FN3O4. The third kappa shape index (κ3) is 3.66. The molecule has 2 aromatic carbocycles. The van der Waals surface area contributed by atoms with E-state index in [1.54, 1.807) is 36.4 Å². The van der Waals surface area contributed by atoms with Crippen LogP contribution in [-0.2, 0) is 9.59 Å². The zero-order valence-corrected chi connectivity index (χ0v) is 17.7. The Balaban J connectivity index is 1.73. The van der Waals surface area contributed by atoms with Gasteiger partial charge in [0.2, 0.25) is 0 Å². The number of ether oxygens (including phenoxy) is 1. The summed E-state index contributed by atoms with van der Waals surface area (Å²) in [6, 6.07) is 13.4. The highest BCUT2D eigenvalue weighted by molar-refractivity contribution is 6.39. The number of rotatable bonds is 4. The maximum absolute atomic E-state index is 13.3. The van der Waals surface area contributed by atoms with E-state index < -0.39 is 17.8 Å². The van der Waals surface area contributed by atoms with Gasteiger partial charge in [-0.05, 0) is 80.1 Å². The van der Waals surface area contributed by atoms with Crippen LogP contribution in [0.25, 0.3) is 11.8 Å². The molecule has 3 aromatic rings. The minimum atomic E-state index is -0.820. The number of carbonyl (C=O) groups excluding carboxylic acids is 3. The van der Waals surface area contributed by atoms with E-state index in [2.05, 4.69) is 5.32 Å². The largest absolute Gasteiger partial charge is 0.497 e. The number of carbonyl (C=O) groups is 3. The highest BCUT2D eigenvalue weighted by Crippen LogP contribution is 2.27. The fraction of sp³-hybridized carbons (Fsp3) is 0.125. The van der Waals surface area contributed by atoms with E-state index in [9.17, 15) is 18.8 Å².